The Bertz CT molecular complexity index is 754. The van der Waals surface area contributed by atoms with E-state index in [9.17, 15) is 14.9 Å². The van der Waals surface area contributed by atoms with Crippen LogP contribution < -0.4 is 4.90 Å². The molecule has 132 valence electrons. The lowest BCUT2D eigenvalue weighted by molar-refractivity contribution is -0.384. The van der Waals surface area contributed by atoms with E-state index in [0.717, 1.165) is 19.4 Å². The van der Waals surface area contributed by atoms with Gasteiger partial charge in [-0.3, -0.25) is 14.8 Å². The van der Waals surface area contributed by atoms with Gasteiger partial charge in [-0.1, -0.05) is 0 Å². The van der Waals surface area contributed by atoms with Gasteiger partial charge in [0.2, 0.25) is 5.82 Å². The number of carbonyl (C=O) groups excluding carboxylic acids is 1. The SMILES string of the molecule is COC(=O)c1cnc(N2CCC(Cn3cccn3)CC2)c([N+](=O)[O-])c1. The Morgan fingerprint density at radius 2 is 2.20 bits per heavy atom. The van der Waals surface area contributed by atoms with Crippen LogP contribution in [0.2, 0.25) is 0 Å². The van der Waals surface area contributed by atoms with E-state index in [0.29, 0.717) is 24.8 Å². The van der Waals surface area contributed by atoms with Gasteiger partial charge in [-0.05, 0) is 24.8 Å². The van der Waals surface area contributed by atoms with E-state index in [1.54, 1.807) is 6.20 Å². The van der Waals surface area contributed by atoms with Crippen LogP contribution in [0.1, 0.15) is 23.2 Å². The molecule has 1 aliphatic rings. The number of hydrogen-bond acceptors (Lipinski definition) is 7. The first kappa shape index (κ1) is 16.9. The van der Waals surface area contributed by atoms with E-state index < -0.39 is 10.9 Å². The van der Waals surface area contributed by atoms with E-state index >= 15 is 0 Å². The predicted molar refractivity (Wildman–Crippen MR) is 89.4 cm³/mol. The largest absolute Gasteiger partial charge is 0.465 e. The normalized spacial score (nSPS) is 15.2. The van der Waals surface area contributed by atoms with E-state index in [1.165, 1.54) is 19.4 Å². The lowest BCUT2D eigenvalue weighted by Crippen LogP contribution is -2.36. The summed E-state index contributed by atoms with van der Waals surface area (Å²) in [5.41, 5.74) is -0.0973. The van der Waals surface area contributed by atoms with Crippen LogP contribution >= 0.6 is 0 Å². The molecule has 0 bridgehead atoms. The molecule has 0 N–H and O–H groups in total. The van der Waals surface area contributed by atoms with Crippen molar-refractivity contribution in [2.75, 3.05) is 25.1 Å². The van der Waals surface area contributed by atoms with Crippen LogP contribution in [-0.4, -0.2) is 45.9 Å². The van der Waals surface area contributed by atoms with Crippen LogP contribution in [0.25, 0.3) is 0 Å². The van der Waals surface area contributed by atoms with Crippen LogP contribution in [0.3, 0.4) is 0 Å². The number of nitro groups is 1. The first-order valence-electron chi connectivity index (χ1n) is 8.03. The number of ether oxygens (including phenoxy) is 1. The number of pyridine rings is 1. The second-order valence-corrected chi connectivity index (χ2v) is 5.97. The Labute approximate surface area is 144 Å². The second kappa shape index (κ2) is 7.29. The first-order valence-corrected chi connectivity index (χ1v) is 8.03. The van der Waals surface area contributed by atoms with Crippen LogP contribution in [0.15, 0.2) is 30.7 Å². The molecule has 0 amide bonds. The molecule has 0 aromatic carbocycles. The van der Waals surface area contributed by atoms with Crippen molar-refractivity contribution in [2.45, 2.75) is 19.4 Å². The summed E-state index contributed by atoms with van der Waals surface area (Å²) in [5, 5.41) is 15.6. The van der Waals surface area contributed by atoms with Gasteiger partial charge in [0.15, 0.2) is 0 Å². The molecule has 0 saturated carbocycles. The number of esters is 1. The van der Waals surface area contributed by atoms with Crippen molar-refractivity contribution < 1.29 is 14.5 Å². The molecule has 3 rings (SSSR count). The maximum absolute atomic E-state index is 11.6. The molecule has 0 aliphatic carbocycles. The predicted octanol–water partition coefficient (Wildman–Crippen LogP) is 1.89. The minimum atomic E-state index is -0.639. The Kier molecular flexibility index (Phi) is 4.92. The van der Waals surface area contributed by atoms with Gasteiger partial charge in [0.05, 0.1) is 17.6 Å². The molecule has 0 spiro atoms. The van der Waals surface area contributed by atoms with Gasteiger partial charge in [0.25, 0.3) is 0 Å². The monoisotopic (exact) mass is 345 g/mol. The molecule has 2 aromatic heterocycles. The van der Waals surface area contributed by atoms with Gasteiger partial charge in [-0.15, -0.1) is 0 Å². The fourth-order valence-electron chi connectivity index (χ4n) is 3.05. The number of methoxy groups -OCH3 is 1. The average molecular weight is 345 g/mol. The highest BCUT2D eigenvalue weighted by Gasteiger charge is 2.27. The summed E-state index contributed by atoms with van der Waals surface area (Å²) in [4.78, 5) is 28.5. The summed E-state index contributed by atoms with van der Waals surface area (Å²) in [6, 6.07) is 3.12. The highest BCUT2D eigenvalue weighted by Crippen LogP contribution is 2.30. The number of aromatic nitrogens is 3. The molecule has 9 nitrogen and oxygen atoms in total. The maximum atomic E-state index is 11.6. The molecule has 1 fully saturated rings. The number of carbonyl (C=O) groups is 1. The summed E-state index contributed by atoms with van der Waals surface area (Å²) in [7, 11) is 1.23. The van der Waals surface area contributed by atoms with E-state index in [-0.39, 0.29) is 11.3 Å². The van der Waals surface area contributed by atoms with Crippen LogP contribution in [0.5, 0.6) is 0 Å². The maximum Gasteiger partial charge on any atom is 0.339 e. The number of anilines is 1. The zero-order valence-electron chi connectivity index (χ0n) is 13.9. The van der Waals surface area contributed by atoms with Crippen molar-refractivity contribution in [3.05, 3.63) is 46.4 Å². The van der Waals surface area contributed by atoms with Crippen molar-refractivity contribution in [2.24, 2.45) is 5.92 Å². The number of piperidine rings is 1. The van der Waals surface area contributed by atoms with Crippen molar-refractivity contribution in [3.8, 4) is 0 Å². The molecule has 2 aromatic rings. The number of nitrogens with zero attached hydrogens (tertiary/aromatic N) is 5. The van der Waals surface area contributed by atoms with Crippen LogP contribution in [-0.2, 0) is 11.3 Å². The topological polar surface area (TPSA) is 103 Å². The Morgan fingerprint density at radius 1 is 1.44 bits per heavy atom. The molecule has 0 atom stereocenters. The second-order valence-electron chi connectivity index (χ2n) is 5.97. The molecular formula is C16H19N5O4. The van der Waals surface area contributed by atoms with Crippen molar-refractivity contribution >= 4 is 17.5 Å². The molecule has 0 unspecified atom stereocenters. The Morgan fingerprint density at radius 3 is 2.80 bits per heavy atom. The van der Waals surface area contributed by atoms with Gasteiger partial charge >= 0.3 is 11.7 Å². The van der Waals surface area contributed by atoms with Gasteiger partial charge < -0.3 is 9.64 Å². The van der Waals surface area contributed by atoms with E-state index in [2.05, 4.69) is 14.8 Å². The zero-order chi connectivity index (χ0) is 17.8. The number of hydrogen-bond donors (Lipinski definition) is 0. The number of rotatable bonds is 5. The van der Waals surface area contributed by atoms with E-state index in [4.69, 9.17) is 0 Å². The zero-order valence-corrected chi connectivity index (χ0v) is 13.9. The quantitative estimate of drug-likeness (QED) is 0.463. The third-order valence-corrected chi connectivity index (χ3v) is 4.38. The smallest absolute Gasteiger partial charge is 0.339 e. The highest BCUT2D eigenvalue weighted by atomic mass is 16.6. The fraction of sp³-hybridized carbons (Fsp3) is 0.438. The summed E-state index contributed by atoms with van der Waals surface area (Å²) < 4.78 is 6.51. The lowest BCUT2D eigenvalue weighted by atomic mass is 9.96. The van der Waals surface area contributed by atoms with Gasteiger partial charge in [-0.2, -0.15) is 5.10 Å². The molecule has 1 aliphatic heterocycles. The van der Waals surface area contributed by atoms with Crippen LogP contribution in [0.4, 0.5) is 11.5 Å². The highest BCUT2D eigenvalue weighted by molar-refractivity contribution is 5.90. The average Bonchev–Trinajstić information content (AvgIpc) is 3.14. The third-order valence-electron chi connectivity index (χ3n) is 4.38. The summed E-state index contributed by atoms with van der Waals surface area (Å²) in [6.45, 7) is 2.20. The lowest BCUT2D eigenvalue weighted by Gasteiger charge is -2.32. The summed E-state index contributed by atoms with van der Waals surface area (Å²) in [6.07, 6.45) is 6.81. The summed E-state index contributed by atoms with van der Waals surface area (Å²) >= 11 is 0. The molecule has 0 radical (unpaired) electrons. The molecular weight excluding hydrogens is 326 g/mol. The Balaban J connectivity index is 1.72. The van der Waals surface area contributed by atoms with Crippen molar-refractivity contribution in [1.29, 1.82) is 0 Å². The van der Waals surface area contributed by atoms with Gasteiger partial charge in [0, 0.05) is 44.3 Å². The van der Waals surface area contributed by atoms with Gasteiger partial charge in [-0.25, -0.2) is 9.78 Å². The first-order chi connectivity index (χ1) is 12.1. The molecule has 3 heterocycles. The minimum absolute atomic E-state index is 0.0755. The van der Waals surface area contributed by atoms with Crippen molar-refractivity contribution in [1.82, 2.24) is 14.8 Å². The standard InChI is InChI=1S/C16H19N5O4/c1-25-16(22)13-9-14(21(23)24)15(17-10-13)19-7-3-12(4-8-19)11-20-6-2-5-18-20/h2,5-6,9-10,12H,3-4,7-8,11H2,1H3. The van der Waals surface area contributed by atoms with Crippen LogP contribution in [0, 0.1) is 16.0 Å². The Hall–Kier alpha value is -2.97. The molecule has 9 heteroatoms. The molecule has 25 heavy (non-hydrogen) atoms. The minimum Gasteiger partial charge on any atom is -0.465 e. The fourth-order valence-corrected chi connectivity index (χ4v) is 3.05. The summed E-state index contributed by atoms with van der Waals surface area (Å²) in [5.74, 6) is 0.139. The molecule has 1 saturated heterocycles. The third kappa shape index (κ3) is 3.76. The van der Waals surface area contributed by atoms with E-state index in [1.807, 2.05) is 21.8 Å². The van der Waals surface area contributed by atoms with Gasteiger partial charge in [0.1, 0.15) is 0 Å². The van der Waals surface area contributed by atoms with Crippen molar-refractivity contribution in [3.63, 3.8) is 0 Å².